The third-order valence-electron chi connectivity index (χ3n) is 4.83. The van der Waals surface area contributed by atoms with Gasteiger partial charge in [0.15, 0.2) is 0 Å². The van der Waals surface area contributed by atoms with Crippen LogP contribution in [0.15, 0.2) is 30.3 Å². The molecule has 1 unspecified atom stereocenters. The normalized spacial score (nSPS) is 23.8. The molecule has 2 aliphatic rings. The molecule has 0 amide bonds. The molecular weight excluding hydrogens is 298 g/mol. The maximum absolute atomic E-state index is 6.76. The molecule has 3 heterocycles. The summed E-state index contributed by atoms with van der Waals surface area (Å²) in [4.78, 5) is 4.86. The van der Waals surface area contributed by atoms with Crippen molar-refractivity contribution in [1.29, 1.82) is 0 Å². The number of nitrogens with zero attached hydrogens (tertiary/aromatic N) is 3. The van der Waals surface area contributed by atoms with Gasteiger partial charge in [-0.3, -0.25) is 9.80 Å². The average Bonchev–Trinajstić information content (AvgIpc) is 2.95. The van der Waals surface area contributed by atoms with Crippen LogP contribution in [0.1, 0.15) is 11.2 Å². The predicted molar refractivity (Wildman–Crippen MR) is 89.4 cm³/mol. The van der Waals surface area contributed by atoms with Crippen LogP contribution in [-0.2, 0) is 11.3 Å². The van der Waals surface area contributed by atoms with Crippen LogP contribution < -0.4 is 0 Å². The second kappa shape index (κ2) is 6.20. The predicted octanol–water partition coefficient (Wildman–Crippen LogP) is 2.53. The molecule has 1 atom stereocenters. The van der Waals surface area contributed by atoms with Crippen LogP contribution in [0.25, 0.3) is 10.9 Å². The van der Waals surface area contributed by atoms with E-state index in [-0.39, 0.29) is 5.50 Å². The molecule has 4 nitrogen and oxygen atoms in total. The van der Waals surface area contributed by atoms with Crippen molar-refractivity contribution in [1.82, 2.24) is 14.4 Å². The van der Waals surface area contributed by atoms with Crippen molar-refractivity contribution >= 4 is 22.5 Å². The van der Waals surface area contributed by atoms with Crippen LogP contribution in [0.2, 0.25) is 0 Å². The third kappa shape index (κ3) is 2.65. The van der Waals surface area contributed by atoms with E-state index in [0.717, 1.165) is 52.5 Å². The number of hydrogen-bond acceptors (Lipinski definition) is 3. The topological polar surface area (TPSA) is 20.6 Å². The van der Waals surface area contributed by atoms with Gasteiger partial charge in [-0.1, -0.05) is 29.8 Å². The van der Waals surface area contributed by atoms with Crippen LogP contribution in [-0.4, -0.2) is 60.3 Å². The van der Waals surface area contributed by atoms with E-state index < -0.39 is 0 Å². The highest BCUT2D eigenvalue weighted by atomic mass is 35.5. The molecule has 0 radical (unpaired) electrons. The van der Waals surface area contributed by atoms with E-state index in [4.69, 9.17) is 16.3 Å². The molecule has 118 valence electrons. The molecule has 1 saturated heterocycles. The summed E-state index contributed by atoms with van der Waals surface area (Å²) in [7, 11) is 0. The monoisotopic (exact) mass is 319 g/mol. The van der Waals surface area contributed by atoms with Gasteiger partial charge in [-0.25, -0.2) is 0 Å². The van der Waals surface area contributed by atoms with E-state index in [2.05, 4.69) is 44.7 Å². The molecular formula is C17H22ClN3O. The molecule has 1 fully saturated rings. The van der Waals surface area contributed by atoms with Crippen LogP contribution in [0.3, 0.4) is 0 Å². The van der Waals surface area contributed by atoms with Gasteiger partial charge in [0.1, 0.15) is 5.50 Å². The lowest BCUT2D eigenvalue weighted by Crippen LogP contribution is -2.44. The van der Waals surface area contributed by atoms with Gasteiger partial charge in [-0.2, -0.15) is 0 Å². The summed E-state index contributed by atoms with van der Waals surface area (Å²) in [6.45, 7) is 7.95. The second-order valence-electron chi connectivity index (χ2n) is 6.11. The smallest absolute Gasteiger partial charge is 0.126 e. The number of ether oxygens (including phenoxy) is 1. The molecule has 0 N–H and O–H groups in total. The maximum Gasteiger partial charge on any atom is 0.126 e. The number of fused-ring (bicyclic) bond motifs is 3. The Kier molecular flexibility index (Phi) is 4.09. The van der Waals surface area contributed by atoms with E-state index in [1.807, 2.05) is 0 Å². The van der Waals surface area contributed by atoms with Gasteiger partial charge in [0, 0.05) is 44.8 Å². The number of para-hydroxylation sites is 1. The Morgan fingerprint density at radius 3 is 2.73 bits per heavy atom. The fourth-order valence-corrected chi connectivity index (χ4v) is 3.90. The Balaban J connectivity index is 1.48. The number of morpholine rings is 1. The van der Waals surface area contributed by atoms with Crippen LogP contribution in [0, 0.1) is 0 Å². The quantitative estimate of drug-likeness (QED) is 0.640. The Hall–Kier alpha value is -1.07. The summed E-state index contributed by atoms with van der Waals surface area (Å²) in [5.41, 5.74) is 2.51. The SMILES string of the molecule is ClC1c2cc3ccccc3n2CCN1CCN1CCOCC1. The van der Waals surface area contributed by atoms with E-state index in [1.165, 1.54) is 16.6 Å². The highest BCUT2D eigenvalue weighted by molar-refractivity contribution is 6.20. The Morgan fingerprint density at radius 2 is 1.86 bits per heavy atom. The molecule has 5 heteroatoms. The summed E-state index contributed by atoms with van der Waals surface area (Å²) in [6, 6.07) is 10.8. The van der Waals surface area contributed by atoms with Crippen LogP contribution >= 0.6 is 11.6 Å². The lowest BCUT2D eigenvalue weighted by Gasteiger charge is -2.35. The van der Waals surface area contributed by atoms with Gasteiger partial charge >= 0.3 is 0 Å². The first-order chi connectivity index (χ1) is 10.8. The number of rotatable bonds is 3. The summed E-state index contributed by atoms with van der Waals surface area (Å²) in [6.07, 6.45) is 0. The van der Waals surface area contributed by atoms with Gasteiger partial charge < -0.3 is 9.30 Å². The van der Waals surface area contributed by atoms with Gasteiger partial charge in [0.05, 0.1) is 18.9 Å². The number of benzene rings is 1. The molecule has 0 saturated carbocycles. The maximum atomic E-state index is 6.76. The summed E-state index contributed by atoms with van der Waals surface area (Å²) in [5, 5.41) is 1.29. The number of hydrogen-bond donors (Lipinski definition) is 0. The number of halogens is 1. The first-order valence-electron chi connectivity index (χ1n) is 8.09. The van der Waals surface area contributed by atoms with Crippen molar-refractivity contribution in [2.75, 3.05) is 45.9 Å². The molecule has 0 spiro atoms. The lowest BCUT2D eigenvalue weighted by molar-refractivity contribution is 0.0315. The fourth-order valence-electron chi connectivity index (χ4n) is 3.53. The van der Waals surface area contributed by atoms with Crippen LogP contribution in [0.4, 0.5) is 0 Å². The molecule has 2 aromatic rings. The van der Waals surface area contributed by atoms with Gasteiger partial charge in [0.2, 0.25) is 0 Å². The number of aromatic nitrogens is 1. The molecule has 0 aliphatic carbocycles. The Labute approximate surface area is 136 Å². The zero-order chi connectivity index (χ0) is 14.9. The van der Waals surface area contributed by atoms with E-state index >= 15 is 0 Å². The Morgan fingerprint density at radius 1 is 1.05 bits per heavy atom. The van der Waals surface area contributed by atoms with Crippen molar-refractivity contribution in [2.24, 2.45) is 0 Å². The molecule has 22 heavy (non-hydrogen) atoms. The van der Waals surface area contributed by atoms with E-state index in [9.17, 15) is 0 Å². The highest BCUT2D eigenvalue weighted by Crippen LogP contribution is 2.33. The zero-order valence-corrected chi connectivity index (χ0v) is 13.5. The van der Waals surface area contributed by atoms with Crippen LogP contribution in [0.5, 0.6) is 0 Å². The van der Waals surface area contributed by atoms with Crippen molar-refractivity contribution in [3.8, 4) is 0 Å². The summed E-state index contributed by atoms with van der Waals surface area (Å²) in [5.74, 6) is 0. The molecule has 2 aliphatic heterocycles. The van der Waals surface area contributed by atoms with Crippen molar-refractivity contribution < 1.29 is 4.74 Å². The minimum Gasteiger partial charge on any atom is -0.379 e. The van der Waals surface area contributed by atoms with Crippen molar-refractivity contribution in [3.05, 3.63) is 36.0 Å². The molecule has 1 aromatic heterocycles. The highest BCUT2D eigenvalue weighted by Gasteiger charge is 2.27. The van der Waals surface area contributed by atoms with Crippen molar-refractivity contribution in [3.63, 3.8) is 0 Å². The standard InChI is InChI=1S/C17H22ClN3O/c18-17-16-13-14-3-1-2-4-15(14)21(16)8-7-20(17)6-5-19-9-11-22-12-10-19/h1-4,13,17H,5-12H2. The van der Waals surface area contributed by atoms with Gasteiger partial charge in [-0.05, 0) is 17.5 Å². The van der Waals surface area contributed by atoms with E-state index in [1.54, 1.807) is 0 Å². The van der Waals surface area contributed by atoms with Gasteiger partial charge in [0.25, 0.3) is 0 Å². The largest absolute Gasteiger partial charge is 0.379 e. The first-order valence-corrected chi connectivity index (χ1v) is 8.53. The number of alkyl halides is 1. The zero-order valence-electron chi connectivity index (χ0n) is 12.7. The summed E-state index contributed by atoms with van der Waals surface area (Å²) >= 11 is 6.76. The summed E-state index contributed by atoms with van der Waals surface area (Å²) < 4.78 is 7.78. The third-order valence-corrected chi connectivity index (χ3v) is 5.32. The van der Waals surface area contributed by atoms with Gasteiger partial charge in [-0.15, -0.1) is 0 Å². The average molecular weight is 320 g/mol. The molecule has 4 rings (SSSR count). The minimum atomic E-state index is -0.0257. The molecule has 1 aromatic carbocycles. The lowest BCUT2D eigenvalue weighted by atomic mass is 10.2. The minimum absolute atomic E-state index is 0.0257. The van der Waals surface area contributed by atoms with E-state index in [0.29, 0.717) is 0 Å². The molecule has 0 bridgehead atoms. The van der Waals surface area contributed by atoms with Crippen molar-refractivity contribution in [2.45, 2.75) is 12.0 Å². The second-order valence-corrected chi connectivity index (χ2v) is 6.52. The Bertz CT molecular complexity index is 650. The fraction of sp³-hybridized carbons (Fsp3) is 0.529. The first kappa shape index (κ1) is 14.5.